The second-order valence-corrected chi connectivity index (χ2v) is 5.96. The SMILES string of the molecule is CCCNc1nc(N)c(C(=O)N2CC=C(COC)CC2)s1. The third-order valence-electron chi connectivity index (χ3n) is 3.29. The Hall–Kier alpha value is -1.60. The lowest BCUT2D eigenvalue weighted by atomic mass is 10.1. The first kappa shape index (κ1) is 15.8. The summed E-state index contributed by atoms with van der Waals surface area (Å²) in [6.45, 7) is 4.84. The minimum atomic E-state index is -0.0396. The lowest BCUT2D eigenvalue weighted by Crippen LogP contribution is -2.35. The van der Waals surface area contributed by atoms with Gasteiger partial charge in [-0.2, -0.15) is 0 Å². The number of hydrogen-bond donors (Lipinski definition) is 2. The molecule has 0 spiro atoms. The molecule has 1 amide bonds. The van der Waals surface area contributed by atoms with Crippen molar-refractivity contribution in [3.8, 4) is 0 Å². The molecule has 116 valence electrons. The molecule has 0 fully saturated rings. The van der Waals surface area contributed by atoms with Crippen molar-refractivity contribution in [2.75, 3.05) is 44.4 Å². The maximum absolute atomic E-state index is 12.5. The van der Waals surface area contributed by atoms with Crippen LogP contribution in [0.5, 0.6) is 0 Å². The van der Waals surface area contributed by atoms with Crippen molar-refractivity contribution in [1.82, 2.24) is 9.88 Å². The molecule has 21 heavy (non-hydrogen) atoms. The van der Waals surface area contributed by atoms with Crippen molar-refractivity contribution in [2.45, 2.75) is 19.8 Å². The van der Waals surface area contributed by atoms with Crippen LogP contribution < -0.4 is 11.1 Å². The number of methoxy groups -OCH3 is 1. The Morgan fingerprint density at radius 3 is 3.05 bits per heavy atom. The van der Waals surface area contributed by atoms with E-state index in [-0.39, 0.29) is 5.91 Å². The number of aromatic nitrogens is 1. The molecule has 1 aliphatic rings. The highest BCUT2D eigenvalue weighted by atomic mass is 32.1. The number of ether oxygens (including phenoxy) is 1. The topological polar surface area (TPSA) is 80.5 Å². The van der Waals surface area contributed by atoms with E-state index in [1.54, 1.807) is 12.0 Å². The van der Waals surface area contributed by atoms with Gasteiger partial charge < -0.3 is 20.7 Å². The molecule has 2 rings (SSSR count). The molecule has 3 N–H and O–H groups in total. The molecule has 0 aromatic carbocycles. The van der Waals surface area contributed by atoms with Gasteiger partial charge in [0.15, 0.2) is 5.13 Å². The highest BCUT2D eigenvalue weighted by Gasteiger charge is 2.23. The number of nitrogen functional groups attached to an aromatic ring is 1. The van der Waals surface area contributed by atoms with Crippen LogP contribution in [0.3, 0.4) is 0 Å². The van der Waals surface area contributed by atoms with Gasteiger partial charge in [0, 0.05) is 26.7 Å². The summed E-state index contributed by atoms with van der Waals surface area (Å²) in [7, 11) is 1.68. The number of nitrogens with two attached hydrogens (primary N) is 1. The molecule has 0 saturated carbocycles. The summed E-state index contributed by atoms with van der Waals surface area (Å²) in [5.74, 6) is 0.275. The van der Waals surface area contributed by atoms with Crippen LogP contribution in [0, 0.1) is 0 Å². The fourth-order valence-electron chi connectivity index (χ4n) is 2.15. The molecule has 2 heterocycles. The fourth-order valence-corrected chi connectivity index (χ4v) is 3.03. The van der Waals surface area contributed by atoms with Gasteiger partial charge in [-0.3, -0.25) is 4.79 Å². The third-order valence-corrected chi connectivity index (χ3v) is 4.31. The van der Waals surface area contributed by atoms with Crippen molar-refractivity contribution >= 4 is 28.2 Å². The van der Waals surface area contributed by atoms with Crippen molar-refractivity contribution in [2.24, 2.45) is 0 Å². The van der Waals surface area contributed by atoms with Crippen LogP contribution >= 0.6 is 11.3 Å². The van der Waals surface area contributed by atoms with Crippen molar-refractivity contribution in [3.63, 3.8) is 0 Å². The van der Waals surface area contributed by atoms with Crippen LogP contribution in [0.1, 0.15) is 29.4 Å². The number of carbonyl (C=O) groups is 1. The van der Waals surface area contributed by atoms with E-state index < -0.39 is 0 Å². The van der Waals surface area contributed by atoms with Crippen LogP contribution in [0.2, 0.25) is 0 Å². The summed E-state index contributed by atoms with van der Waals surface area (Å²) in [4.78, 5) is 19.0. The van der Waals surface area contributed by atoms with Gasteiger partial charge in [0.2, 0.25) is 0 Å². The van der Waals surface area contributed by atoms with Gasteiger partial charge in [-0.25, -0.2) is 4.98 Å². The molecule has 1 aromatic rings. The van der Waals surface area contributed by atoms with E-state index in [1.165, 1.54) is 16.9 Å². The van der Waals surface area contributed by atoms with Gasteiger partial charge in [0.1, 0.15) is 10.7 Å². The average Bonchev–Trinajstić information content (AvgIpc) is 2.86. The second-order valence-electron chi connectivity index (χ2n) is 4.96. The second kappa shape index (κ2) is 7.42. The van der Waals surface area contributed by atoms with Gasteiger partial charge >= 0.3 is 0 Å². The van der Waals surface area contributed by atoms with Crippen molar-refractivity contribution in [3.05, 3.63) is 16.5 Å². The van der Waals surface area contributed by atoms with E-state index in [0.29, 0.717) is 35.5 Å². The van der Waals surface area contributed by atoms with Gasteiger partial charge in [-0.05, 0) is 18.4 Å². The smallest absolute Gasteiger partial charge is 0.268 e. The Morgan fingerprint density at radius 2 is 2.43 bits per heavy atom. The van der Waals surface area contributed by atoms with E-state index in [0.717, 1.165) is 19.4 Å². The first-order chi connectivity index (χ1) is 10.2. The van der Waals surface area contributed by atoms with Gasteiger partial charge in [0.25, 0.3) is 5.91 Å². The fraction of sp³-hybridized carbons (Fsp3) is 0.571. The van der Waals surface area contributed by atoms with Crippen LogP contribution in [0.4, 0.5) is 10.9 Å². The van der Waals surface area contributed by atoms with Crippen LogP contribution in [0.15, 0.2) is 11.6 Å². The Labute approximate surface area is 129 Å². The zero-order valence-electron chi connectivity index (χ0n) is 12.5. The minimum Gasteiger partial charge on any atom is -0.382 e. The maximum Gasteiger partial charge on any atom is 0.268 e. The quantitative estimate of drug-likeness (QED) is 0.785. The number of amides is 1. The zero-order chi connectivity index (χ0) is 15.2. The molecule has 1 aromatic heterocycles. The van der Waals surface area contributed by atoms with Crippen molar-refractivity contribution < 1.29 is 9.53 Å². The summed E-state index contributed by atoms with van der Waals surface area (Å²) in [5.41, 5.74) is 7.11. The molecule has 0 unspecified atom stereocenters. The number of carbonyl (C=O) groups excluding carboxylic acids is 1. The van der Waals surface area contributed by atoms with Crippen LogP contribution in [0.25, 0.3) is 0 Å². The molecule has 6 nitrogen and oxygen atoms in total. The molecule has 0 bridgehead atoms. The monoisotopic (exact) mass is 310 g/mol. The third kappa shape index (κ3) is 3.95. The Bertz CT molecular complexity index is 527. The summed E-state index contributed by atoms with van der Waals surface area (Å²) in [6, 6.07) is 0. The number of rotatable bonds is 6. The molecular weight excluding hydrogens is 288 g/mol. The number of thiazole rings is 1. The van der Waals surface area contributed by atoms with E-state index in [9.17, 15) is 4.79 Å². The Morgan fingerprint density at radius 1 is 1.62 bits per heavy atom. The maximum atomic E-state index is 12.5. The molecule has 0 radical (unpaired) electrons. The standard InChI is InChI=1S/C14H22N4O2S/c1-3-6-16-14-17-12(15)11(21-14)13(19)18-7-4-10(5-8-18)9-20-2/h4H,3,5-9,15H2,1-2H3,(H,16,17). The number of nitrogens with zero attached hydrogens (tertiary/aromatic N) is 2. The molecule has 0 aliphatic carbocycles. The van der Waals surface area contributed by atoms with E-state index in [4.69, 9.17) is 10.5 Å². The van der Waals surface area contributed by atoms with Crippen LogP contribution in [-0.2, 0) is 4.74 Å². The first-order valence-electron chi connectivity index (χ1n) is 7.12. The first-order valence-corrected chi connectivity index (χ1v) is 7.93. The van der Waals surface area contributed by atoms with Gasteiger partial charge in [0.05, 0.1) is 6.61 Å². The summed E-state index contributed by atoms with van der Waals surface area (Å²) >= 11 is 1.33. The number of hydrogen-bond acceptors (Lipinski definition) is 6. The largest absolute Gasteiger partial charge is 0.382 e. The van der Waals surface area contributed by atoms with Gasteiger partial charge in [-0.15, -0.1) is 0 Å². The van der Waals surface area contributed by atoms with E-state index >= 15 is 0 Å². The number of nitrogens with one attached hydrogen (secondary N) is 1. The summed E-state index contributed by atoms with van der Waals surface area (Å²) in [6.07, 6.45) is 3.90. The predicted molar refractivity (Wildman–Crippen MR) is 85.8 cm³/mol. The zero-order valence-corrected chi connectivity index (χ0v) is 13.3. The van der Waals surface area contributed by atoms with E-state index in [1.807, 2.05) is 0 Å². The molecule has 0 saturated heterocycles. The summed E-state index contributed by atoms with van der Waals surface area (Å²) in [5, 5.41) is 3.88. The van der Waals surface area contributed by atoms with Gasteiger partial charge in [-0.1, -0.05) is 24.3 Å². The van der Waals surface area contributed by atoms with E-state index in [2.05, 4.69) is 23.3 Å². The molecule has 7 heteroatoms. The van der Waals surface area contributed by atoms with Crippen LogP contribution in [-0.4, -0.2) is 49.1 Å². The predicted octanol–water partition coefficient (Wildman–Crippen LogP) is 1.97. The Balaban J connectivity index is 2.02. The lowest BCUT2D eigenvalue weighted by molar-refractivity contribution is 0.0770. The molecule has 1 aliphatic heterocycles. The number of anilines is 2. The highest BCUT2D eigenvalue weighted by molar-refractivity contribution is 7.18. The minimum absolute atomic E-state index is 0.0396. The summed E-state index contributed by atoms with van der Waals surface area (Å²) < 4.78 is 5.11. The Kier molecular flexibility index (Phi) is 5.58. The van der Waals surface area contributed by atoms with Crippen molar-refractivity contribution in [1.29, 1.82) is 0 Å². The molecule has 0 atom stereocenters. The molecular formula is C14H22N4O2S. The average molecular weight is 310 g/mol. The lowest BCUT2D eigenvalue weighted by Gasteiger charge is -2.25. The normalized spacial score (nSPS) is 15.0. The highest BCUT2D eigenvalue weighted by Crippen LogP contribution is 2.27.